The van der Waals surface area contributed by atoms with E-state index in [0.717, 1.165) is 38.5 Å². The molecule has 1 spiro atoms. The second-order valence-electron chi connectivity index (χ2n) is 6.94. The molecule has 0 N–H and O–H groups in total. The first kappa shape index (κ1) is 13.4. The summed E-state index contributed by atoms with van der Waals surface area (Å²) in [6.07, 6.45) is 9.18. The third-order valence-electron chi connectivity index (χ3n) is 5.54. The minimum Gasteiger partial charge on any atom is -0.341 e. The molecule has 1 atom stereocenters. The molecule has 3 rings (SSSR count). The van der Waals surface area contributed by atoms with Crippen molar-refractivity contribution in [1.82, 2.24) is 9.80 Å². The molecule has 2 heterocycles. The number of β-lactam (4-membered cyclic amide) rings is 1. The monoisotopic (exact) mass is 264 g/mol. The summed E-state index contributed by atoms with van der Waals surface area (Å²) in [7, 11) is 0. The van der Waals surface area contributed by atoms with Crippen LogP contribution in [-0.4, -0.2) is 48.4 Å². The van der Waals surface area contributed by atoms with Crippen LogP contribution in [0.5, 0.6) is 0 Å². The summed E-state index contributed by atoms with van der Waals surface area (Å²) in [6, 6.07) is 0. The highest BCUT2D eigenvalue weighted by Crippen LogP contribution is 2.41. The molecular formula is C16H28N2O. The average molecular weight is 264 g/mol. The van der Waals surface area contributed by atoms with Gasteiger partial charge in [0.25, 0.3) is 0 Å². The van der Waals surface area contributed by atoms with Gasteiger partial charge in [-0.1, -0.05) is 26.2 Å². The van der Waals surface area contributed by atoms with Gasteiger partial charge in [-0.15, -0.1) is 0 Å². The zero-order valence-electron chi connectivity index (χ0n) is 12.4. The molecule has 0 bridgehead atoms. The van der Waals surface area contributed by atoms with Crippen LogP contribution < -0.4 is 0 Å². The van der Waals surface area contributed by atoms with Crippen LogP contribution in [0.2, 0.25) is 0 Å². The Balaban J connectivity index is 1.53. The van der Waals surface area contributed by atoms with Crippen molar-refractivity contribution in [1.29, 1.82) is 0 Å². The van der Waals surface area contributed by atoms with E-state index in [4.69, 9.17) is 0 Å². The zero-order valence-corrected chi connectivity index (χ0v) is 12.4. The van der Waals surface area contributed by atoms with Gasteiger partial charge in [0.2, 0.25) is 5.91 Å². The number of likely N-dealkylation sites (tertiary alicyclic amines) is 2. The molecule has 0 aromatic carbocycles. The van der Waals surface area contributed by atoms with Crippen molar-refractivity contribution in [3.63, 3.8) is 0 Å². The number of amides is 1. The van der Waals surface area contributed by atoms with Gasteiger partial charge >= 0.3 is 0 Å². The van der Waals surface area contributed by atoms with Crippen LogP contribution in [0.3, 0.4) is 0 Å². The summed E-state index contributed by atoms with van der Waals surface area (Å²) in [5.41, 5.74) is 0.0168. The first-order chi connectivity index (χ1) is 9.23. The van der Waals surface area contributed by atoms with Gasteiger partial charge in [-0.2, -0.15) is 0 Å². The van der Waals surface area contributed by atoms with Crippen molar-refractivity contribution in [3.8, 4) is 0 Å². The van der Waals surface area contributed by atoms with Gasteiger partial charge in [-0.05, 0) is 44.7 Å². The summed E-state index contributed by atoms with van der Waals surface area (Å²) in [5.74, 6) is 1.26. The minimum atomic E-state index is 0.0168. The lowest BCUT2D eigenvalue weighted by atomic mass is 9.71. The van der Waals surface area contributed by atoms with E-state index in [0.29, 0.717) is 5.91 Å². The highest BCUT2D eigenvalue weighted by Gasteiger charge is 2.53. The number of hydrogen-bond acceptors (Lipinski definition) is 2. The van der Waals surface area contributed by atoms with E-state index < -0.39 is 0 Å². The SMILES string of the molecule is CCN1CCC[C@]2(C1)CN(CC1CCCCC1)C2=O. The van der Waals surface area contributed by atoms with Gasteiger partial charge in [-0.3, -0.25) is 4.79 Å². The van der Waals surface area contributed by atoms with Gasteiger partial charge in [0.1, 0.15) is 0 Å². The van der Waals surface area contributed by atoms with E-state index >= 15 is 0 Å². The Morgan fingerprint density at radius 2 is 1.95 bits per heavy atom. The van der Waals surface area contributed by atoms with E-state index in [9.17, 15) is 4.79 Å². The maximum absolute atomic E-state index is 12.6. The Bertz CT molecular complexity index is 338. The molecule has 1 aliphatic carbocycles. The third kappa shape index (κ3) is 2.54. The molecule has 0 aromatic rings. The normalized spacial score (nSPS) is 33.7. The standard InChI is InChI=1S/C16H28N2O/c1-2-17-10-6-9-16(12-17)13-18(15(16)19)11-14-7-4-3-5-8-14/h14H,2-13H2,1H3/t16-/m0/s1. The first-order valence-electron chi connectivity index (χ1n) is 8.25. The smallest absolute Gasteiger partial charge is 0.231 e. The Hall–Kier alpha value is -0.570. The summed E-state index contributed by atoms with van der Waals surface area (Å²) >= 11 is 0. The van der Waals surface area contributed by atoms with E-state index in [1.165, 1.54) is 45.1 Å². The molecular weight excluding hydrogens is 236 g/mol. The number of piperidine rings is 1. The first-order valence-corrected chi connectivity index (χ1v) is 8.25. The lowest BCUT2D eigenvalue weighted by Crippen LogP contribution is -2.67. The largest absolute Gasteiger partial charge is 0.341 e. The topological polar surface area (TPSA) is 23.6 Å². The minimum absolute atomic E-state index is 0.0168. The molecule has 3 aliphatic rings. The van der Waals surface area contributed by atoms with Gasteiger partial charge in [-0.25, -0.2) is 0 Å². The molecule has 0 radical (unpaired) electrons. The number of hydrogen-bond donors (Lipinski definition) is 0. The summed E-state index contributed by atoms with van der Waals surface area (Å²) in [4.78, 5) is 17.2. The average Bonchev–Trinajstić information content (AvgIpc) is 2.48. The molecule has 0 aromatic heterocycles. The van der Waals surface area contributed by atoms with Gasteiger partial charge in [0.15, 0.2) is 0 Å². The van der Waals surface area contributed by atoms with Gasteiger partial charge in [0.05, 0.1) is 5.41 Å². The van der Waals surface area contributed by atoms with Crippen molar-refractivity contribution >= 4 is 5.91 Å². The van der Waals surface area contributed by atoms with Crippen molar-refractivity contribution in [2.45, 2.75) is 51.9 Å². The lowest BCUT2D eigenvalue weighted by molar-refractivity contribution is -0.167. The van der Waals surface area contributed by atoms with Crippen LogP contribution in [0.25, 0.3) is 0 Å². The number of rotatable bonds is 3. The maximum atomic E-state index is 12.6. The van der Waals surface area contributed by atoms with E-state index in [2.05, 4.69) is 16.7 Å². The molecule has 2 aliphatic heterocycles. The van der Waals surface area contributed by atoms with Crippen molar-refractivity contribution in [2.24, 2.45) is 11.3 Å². The van der Waals surface area contributed by atoms with E-state index in [-0.39, 0.29) is 5.41 Å². The number of carbonyl (C=O) groups excluding carboxylic acids is 1. The molecule has 0 unspecified atom stereocenters. The van der Waals surface area contributed by atoms with E-state index in [1.54, 1.807) is 0 Å². The second kappa shape index (κ2) is 5.43. The molecule has 1 saturated carbocycles. The van der Waals surface area contributed by atoms with Crippen molar-refractivity contribution < 1.29 is 4.79 Å². The third-order valence-corrected chi connectivity index (χ3v) is 5.54. The van der Waals surface area contributed by atoms with Gasteiger partial charge in [0, 0.05) is 19.6 Å². The Labute approximate surface area is 117 Å². The fourth-order valence-electron chi connectivity index (χ4n) is 4.38. The summed E-state index contributed by atoms with van der Waals surface area (Å²) < 4.78 is 0. The Morgan fingerprint density at radius 1 is 1.16 bits per heavy atom. The second-order valence-corrected chi connectivity index (χ2v) is 6.94. The predicted molar refractivity (Wildman–Crippen MR) is 76.9 cm³/mol. The molecule has 2 saturated heterocycles. The molecule has 1 amide bonds. The number of carbonyl (C=O) groups is 1. The highest BCUT2D eigenvalue weighted by atomic mass is 16.2. The molecule has 108 valence electrons. The van der Waals surface area contributed by atoms with Gasteiger partial charge < -0.3 is 9.80 Å². The lowest BCUT2D eigenvalue weighted by Gasteiger charge is -2.54. The van der Waals surface area contributed by atoms with Crippen LogP contribution in [0.4, 0.5) is 0 Å². The van der Waals surface area contributed by atoms with Crippen molar-refractivity contribution in [3.05, 3.63) is 0 Å². The van der Waals surface area contributed by atoms with Crippen LogP contribution in [-0.2, 0) is 4.79 Å². The number of nitrogens with zero attached hydrogens (tertiary/aromatic N) is 2. The predicted octanol–water partition coefficient (Wildman–Crippen LogP) is 2.51. The molecule has 19 heavy (non-hydrogen) atoms. The van der Waals surface area contributed by atoms with Crippen molar-refractivity contribution in [2.75, 3.05) is 32.7 Å². The molecule has 3 fully saturated rings. The summed E-state index contributed by atoms with van der Waals surface area (Å²) in [5, 5.41) is 0. The maximum Gasteiger partial charge on any atom is 0.231 e. The van der Waals surface area contributed by atoms with E-state index in [1.807, 2.05) is 0 Å². The summed E-state index contributed by atoms with van der Waals surface area (Å²) in [6.45, 7) is 7.60. The van der Waals surface area contributed by atoms with Crippen LogP contribution in [0.1, 0.15) is 51.9 Å². The Kier molecular flexibility index (Phi) is 3.84. The highest BCUT2D eigenvalue weighted by molar-refractivity contribution is 5.89. The fourth-order valence-corrected chi connectivity index (χ4v) is 4.38. The zero-order chi connectivity index (χ0) is 13.3. The molecule has 3 heteroatoms. The quantitative estimate of drug-likeness (QED) is 0.731. The van der Waals surface area contributed by atoms with Crippen LogP contribution in [0.15, 0.2) is 0 Å². The molecule has 3 nitrogen and oxygen atoms in total. The fraction of sp³-hybridized carbons (Fsp3) is 0.938. The van der Waals surface area contributed by atoms with Crippen LogP contribution >= 0.6 is 0 Å². The Morgan fingerprint density at radius 3 is 2.63 bits per heavy atom. The van der Waals surface area contributed by atoms with Crippen LogP contribution in [0, 0.1) is 11.3 Å².